The molecular weight excluding hydrogens is 270 g/mol. The molecule has 2 N–H and O–H groups in total. The number of likely N-dealkylation sites (N-methyl/N-ethyl adjacent to an activating group) is 1. The molecule has 0 spiro atoms. The molecule has 0 aliphatic heterocycles. The van der Waals surface area contributed by atoms with Crippen molar-refractivity contribution >= 4 is 21.8 Å². The van der Waals surface area contributed by atoms with Gasteiger partial charge < -0.3 is 15.2 Å². The van der Waals surface area contributed by atoms with Crippen molar-refractivity contribution in [3.05, 3.63) is 22.4 Å². The van der Waals surface area contributed by atoms with Crippen molar-refractivity contribution in [2.75, 3.05) is 20.1 Å². The second-order valence-electron chi connectivity index (χ2n) is 4.20. The zero-order valence-electron chi connectivity index (χ0n) is 9.29. The van der Waals surface area contributed by atoms with Crippen LogP contribution in [-0.4, -0.2) is 42.0 Å². The minimum atomic E-state index is -0.0464. The molecule has 5 heteroatoms. The van der Waals surface area contributed by atoms with Crippen molar-refractivity contribution in [3.8, 4) is 0 Å². The molecule has 0 atom stereocenters. The van der Waals surface area contributed by atoms with Crippen LogP contribution in [0.4, 0.5) is 0 Å². The molecule has 1 fully saturated rings. The Bertz CT molecular complexity index is 373. The molecule has 2 rings (SSSR count). The van der Waals surface area contributed by atoms with Crippen molar-refractivity contribution in [3.63, 3.8) is 0 Å². The van der Waals surface area contributed by atoms with Gasteiger partial charge in [-0.2, -0.15) is 0 Å². The largest absolute Gasteiger partial charge is 0.356 e. The summed E-state index contributed by atoms with van der Waals surface area (Å²) in [6.45, 7) is 1.61. The number of hydrogen-bond donors (Lipinski definition) is 2. The van der Waals surface area contributed by atoms with E-state index >= 15 is 0 Å². The smallest absolute Gasteiger partial charge is 0.267 e. The number of rotatable bonds is 5. The molecule has 1 aromatic rings. The van der Waals surface area contributed by atoms with Crippen LogP contribution in [0, 0.1) is 0 Å². The average molecular weight is 286 g/mol. The van der Waals surface area contributed by atoms with Crippen molar-refractivity contribution in [1.29, 1.82) is 0 Å². The lowest BCUT2D eigenvalue weighted by molar-refractivity contribution is 0.0945. The Morgan fingerprint density at radius 1 is 1.69 bits per heavy atom. The summed E-state index contributed by atoms with van der Waals surface area (Å²) in [6.07, 6.45) is 4.35. The van der Waals surface area contributed by atoms with Crippen LogP contribution in [0.3, 0.4) is 0 Å². The summed E-state index contributed by atoms with van der Waals surface area (Å²) in [5.41, 5.74) is 0.598. The summed E-state index contributed by atoms with van der Waals surface area (Å²) in [5.74, 6) is -0.0464. The van der Waals surface area contributed by atoms with E-state index in [4.69, 9.17) is 0 Å². The topological polar surface area (TPSA) is 48.1 Å². The van der Waals surface area contributed by atoms with E-state index in [1.165, 1.54) is 12.8 Å². The number of amides is 1. The van der Waals surface area contributed by atoms with E-state index in [9.17, 15) is 4.79 Å². The molecule has 0 radical (unpaired) electrons. The molecule has 1 amide bonds. The van der Waals surface area contributed by atoms with Crippen LogP contribution < -0.4 is 5.32 Å². The summed E-state index contributed by atoms with van der Waals surface area (Å²) >= 11 is 3.30. The first-order chi connectivity index (χ1) is 7.66. The van der Waals surface area contributed by atoms with Crippen molar-refractivity contribution < 1.29 is 4.79 Å². The van der Waals surface area contributed by atoms with Gasteiger partial charge in [0.1, 0.15) is 5.69 Å². The minimum Gasteiger partial charge on any atom is -0.356 e. The summed E-state index contributed by atoms with van der Waals surface area (Å²) < 4.78 is 0.896. The molecule has 1 aromatic heterocycles. The quantitative estimate of drug-likeness (QED) is 0.863. The first kappa shape index (κ1) is 11.7. The second-order valence-corrected chi connectivity index (χ2v) is 5.11. The van der Waals surface area contributed by atoms with Crippen LogP contribution in [0.25, 0.3) is 0 Å². The number of nitrogens with zero attached hydrogens (tertiary/aromatic N) is 1. The van der Waals surface area contributed by atoms with Gasteiger partial charge in [0.25, 0.3) is 5.91 Å². The molecule has 0 unspecified atom stereocenters. The minimum absolute atomic E-state index is 0.0464. The van der Waals surface area contributed by atoms with Gasteiger partial charge in [-0.25, -0.2) is 0 Å². The van der Waals surface area contributed by atoms with E-state index in [1.807, 2.05) is 0 Å². The number of aromatic nitrogens is 1. The van der Waals surface area contributed by atoms with Gasteiger partial charge in [0.05, 0.1) is 0 Å². The maximum Gasteiger partial charge on any atom is 0.267 e. The highest BCUT2D eigenvalue weighted by Crippen LogP contribution is 2.24. The first-order valence-corrected chi connectivity index (χ1v) is 6.28. The highest BCUT2D eigenvalue weighted by atomic mass is 79.9. The molecule has 16 heavy (non-hydrogen) atoms. The lowest BCUT2D eigenvalue weighted by Crippen LogP contribution is -2.34. The van der Waals surface area contributed by atoms with E-state index in [0.717, 1.165) is 17.1 Å². The maximum atomic E-state index is 11.6. The van der Waals surface area contributed by atoms with Gasteiger partial charge in [0, 0.05) is 29.8 Å². The van der Waals surface area contributed by atoms with Gasteiger partial charge in [-0.3, -0.25) is 4.79 Å². The third-order valence-corrected chi connectivity index (χ3v) is 3.27. The normalized spacial score (nSPS) is 15.4. The molecule has 1 saturated carbocycles. The van der Waals surface area contributed by atoms with Crippen molar-refractivity contribution in [1.82, 2.24) is 15.2 Å². The lowest BCUT2D eigenvalue weighted by Gasteiger charge is -2.15. The number of carbonyl (C=O) groups excluding carboxylic acids is 1. The van der Waals surface area contributed by atoms with Crippen molar-refractivity contribution in [2.45, 2.75) is 18.9 Å². The first-order valence-electron chi connectivity index (χ1n) is 5.49. The molecule has 0 aromatic carbocycles. The SMILES string of the molecule is CN(CCNC(=O)c1cc(Br)c[nH]1)C1CC1. The van der Waals surface area contributed by atoms with Crippen LogP contribution in [0.1, 0.15) is 23.3 Å². The average Bonchev–Trinajstić information content (AvgIpc) is 3.01. The molecule has 1 aliphatic carbocycles. The molecular formula is C11H16BrN3O. The van der Waals surface area contributed by atoms with Gasteiger partial charge in [0.15, 0.2) is 0 Å². The Labute approximate surface area is 104 Å². The van der Waals surface area contributed by atoms with Gasteiger partial charge in [-0.1, -0.05) is 0 Å². The fourth-order valence-electron chi connectivity index (χ4n) is 1.64. The van der Waals surface area contributed by atoms with Gasteiger partial charge in [-0.05, 0) is 41.9 Å². The Balaban J connectivity index is 1.71. The number of H-pyrrole nitrogens is 1. The van der Waals surface area contributed by atoms with E-state index in [0.29, 0.717) is 12.2 Å². The fraction of sp³-hybridized carbons (Fsp3) is 0.545. The van der Waals surface area contributed by atoms with Crippen LogP contribution in [0.15, 0.2) is 16.7 Å². The number of hydrogen-bond acceptors (Lipinski definition) is 2. The predicted octanol–water partition coefficient (Wildman–Crippen LogP) is 1.60. The van der Waals surface area contributed by atoms with E-state index < -0.39 is 0 Å². The zero-order valence-corrected chi connectivity index (χ0v) is 10.9. The van der Waals surface area contributed by atoms with E-state index in [1.54, 1.807) is 12.3 Å². The molecule has 0 bridgehead atoms. The number of halogens is 1. The van der Waals surface area contributed by atoms with E-state index in [-0.39, 0.29) is 5.91 Å². The standard InChI is InChI=1S/C11H16BrN3O/c1-15(9-2-3-9)5-4-13-11(16)10-6-8(12)7-14-10/h6-7,9,14H,2-5H2,1H3,(H,13,16). The summed E-state index contributed by atoms with van der Waals surface area (Å²) in [7, 11) is 2.11. The summed E-state index contributed by atoms with van der Waals surface area (Å²) in [4.78, 5) is 16.8. The van der Waals surface area contributed by atoms with E-state index in [2.05, 4.69) is 38.2 Å². The third kappa shape index (κ3) is 3.09. The highest BCUT2D eigenvalue weighted by Gasteiger charge is 2.25. The Hall–Kier alpha value is -0.810. The Morgan fingerprint density at radius 2 is 2.44 bits per heavy atom. The van der Waals surface area contributed by atoms with Gasteiger partial charge in [0.2, 0.25) is 0 Å². The Kier molecular flexibility index (Phi) is 3.66. The highest BCUT2D eigenvalue weighted by molar-refractivity contribution is 9.10. The molecule has 1 heterocycles. The van der Waals surface area contributed by atoms with Crippen LogP contribution >= 0.6 is 15.9 Å². The summed E-state index contributed by atoms with van der Waals surface area (Å²) in [6, 6.07) is 2.52. The lowest BCUT2D eigenvalue weighted by atomic mass is 10.4. The number of aromatic amines is 1. The summed E-state index contributed by atoms with van der Waals surface area (Å²) in [5, 5.41) is 2.89. The van der Waals surface area contributed by atoms with Crippen molar-refractivity contribution in [2.24, 2.45) is 0 Å². The second kappa shape index (κ2) is 5.01. The fourth-order valence-corrected chi connectivity index (χ4v) is 1.98. The molecule has 4 nitrogen and oxygen atoms in total. The monoisotopic (exact) mass is 285 g/mol. The van der Waals surface area contributed by atoms with Crippen LogP contribution in [0.5, 0.6) is 0 Å². The van der Waals surface area contributed by atoms with Crippen LogP contribution in [0.2, 0.25) is 0 Å². The zero-order chi connectivity index (χ0) is 11.5. The van der Waals surface area contributed by atoms with Gasteiger partial charge in [-0.15, -0.1) is 0 Å². The Morgan fingerprint density at radius 3 is 3.00 bits per heavy atom. The molecule has 88 valence electrons. The predicted molar refractivity (Wildman–Crippen MR) is 66.5 cm³/mol. The number of nitrogens with one attached hydrogen (secondary N) is 2. The maximum absolute atomic E-state index is 11.6. The molecule has 0 saturated heterocycles. The number of carbonyl (C=O) groups is 1. The van der Waals surface area contributed by atoms with Crippen LogP contribution in [-0.2, 0) is 0 Å². The van der Waals surface area contributed by atoms with Gasteiger partial charge >= 0.3 is 0 Å². The molecule has 1 aliphatic rings. The third-order valence-electron chi connectivity index (χ3n) is 2.81.